The van der Waals surface area contributed by atoms with Crippen LogP contribution >= 0.6 is 10.7 Å². The van der Waals surface area contributed by atoms with Crippen LogP contribution in [0.2, 0.25) is 0 Å². The highest BCUT2D eigenvalue weighted by Crippen LogP contribution is 2.12. The molecule has 0 heterocycles. The Hall–Kier alpha value is -0.330. The molecule has 0 bridgehead atoms. The van der Waals surface area contributed by atoms with Gasteiger partial charge >= 0.3 is 0 Å². The molecule has 0 aliphatic rings. The van der Waals surface area contributed by atoms with E-state index in [2.05, 4.69) is 4.72 Å². The predicted molar refractivity (Wildman–Crippen MR) is 55.3 cm³/mol. The van der Waals surface area contributed by atoms with Crippen molar-refractivity contribution in [1.29, 1.82) is 0 Å². The molecule has 0 rings (SSSR count). The summed E-state index contributed by atoms with van der Waals surface area (Å²) in [6.45, 7) is 3.18. The number of carbonyl (C=O) groups excluding carboxylic acids is 1. The van der Waals surface area contributed by atoms with Crippen molar-refractivity contribution in [3.8, 4) is 0 Å². The van der Waals surface area contributed by atoms with Crippen LogP contribution < -0.4 is 4.72 Å². The topological polar surface area (TPSA) is 66.5 Å². The Labute approximate surface area is 89.0 Å². The van der Waals surface area contributed by atoms with Gasteiger partial charge < -0.3 is 4.90 Å². The summed E-state index contributed by atoms with van der Waals surface area (Å²) in [5.74, 6) is -0.164. The minimum absolute atomic E-state index is 0.0615. The second-order valence-corrected chi connectivity index (χ2v) is 6.19. The molecule has 1 amide bonds. The lowest BCUT2D eigenvalue weighted by Gasteiger charge is -2.24. The van der Waals surface area contributed by atoms with Crippen molar-refractivity contribution in [3.05, 3.63) is 0 Å². The highest BCUT2D eigenvalue weighted by Gasteiger charge is 2.26. The SMILES string of the molecule is CN(C)C(=O)CC(C)(C)NS(=O)(=O)Cl. The molecule has 0 atom stereocenters. The monoisotopic (exact) mass is 242 g/mol. The molecule has 14 heavy (non-hydrogen) atoms. The first-order chi connectivity index (χ1) is 6.03. The van der Waals surface area contributed by atoms with Gasteiger partial charge in [-0.2, -0.15) is 13.1 Å². The zero-order valence-corrected chi connectivity index (χ0v) is 10.2. The number of nitrogens with zero attached hydrogens (tertiary/aromatic N) is 1. The van der Waals surface area contributed by atoms with Crippen LogP contribution in [0.1, 0.15) is 20.3 Å². The van der Waals surface area contributed by atoms with Crippen LogP contribution in [-0.4, -0.2) is 38.9 Å². The summed E-state index contributed by atoms with van der Waals surface area (Å²) in [5, 5.41) is 0. The first kappa shape index (κ1) is 13.7. The number of hydrogen-bond acceptors (Lipinski definition) is 3. The van der Waals surface area contributed by atoms with E-state index in [0.717, 1.165) is 0 Å². The molecule has 0 aliphatic heterocycles. The third-order valence-electron chi connectivity index (χ3n) is 1.49. The Balaban J connectivity index is 4.43. The molecule has 84 valence electrons. The van der Waals surface area contributed by atoms with Gasteiger partial charge in [-0.3, -0.25) is 4.79 Å². The van der Waals surface area contributed by atoms with Crippen molar-refractivity contribution in [2.45, 2.75) is 25.8 Å². The van der Waals surface area contributed by atoms with Crippen molar-refractivity contribution < 1.29 is 13.2 Å². The molecule has 1 N–H and O–H groups in total. The summed E-state index contributed by atoms with van der Waals surface area (Å²) in [5.41, 5.74) is -0.873. The lowest BCUT2D eigenvalue weighted by Crippen LogP contribution is -2.44. The molecular weight excluding hydrogens is 228 g/mol. The van der Waals surface area contributed by atoms with E-state index >= 15 is 0 Å². The Morgan fingerprint density at radius 2 is 1.86 bits per heavy atom. The quantitative estimate of drug-likeness (QED) is 0.722. The van der Waals surface area contributed by atoms with Crippen molar-refractivity contribution in [1.82, 2.24) is 9.62 Å². The fourth-order valence-corrected chi connectivity index (χ4v) is 2.26. The fraction of sp³-hybridized carbons (Fsp3) is 0.857. The molecule has 0 saturated carbocycles. The molecular formula is C7H15ClN2O3S. The second-order valence-electron chi connectivity index (χ2n) is 3.89. The van der Waals surface area contributed by atoms with E-state index < -0.39 is 14.8 Å². The Morgan fingerprint density at radius 3 is 2.14 bits per heavy atom. The number of nitrogens with one attached hydrogen (secondary N) is 1. The van der Waals surface area contributed by atoms with Gasteiger partial charge in [0.15, 0.2) is 0 Å². The van der Waals surface area contributed by atoms with Gasteiger partial charge in [-0.15, -0.1) is 0 Å². The van der Waals surface area contributed by atoms with Crippen LogP contribution in [0.3, 0.4) is 0 Å². The van der Waals surface area contributed by atoms with Gasteiger partial charge in [-0.05, 0) is 13.8 Å². The van der Waals surface area contributed by atoms with Gasteiger partial charge in [0, 0.05) is 36.7 Å². The van der Waals surface area contributed by atoms with E-state index in [4.69, 9.17) is 10.7 Å². The van der Waals surface area contributed by atoms with Crippen LogP contribution in [0, 0.1) is 0 Å². The lowest BCUT2D eigenvalue weighted by molar-refractivity contribution is -0.129. The van der Waals surface area contributed by atoms with Crippen LogP contribution in [0.25, 0.3) is 0 Å². The van der Waals surface area contributed by atoms with Crippen molar-refractivity contribution in [2.24, 2.45) is 0 Å². The largest absolute Gasteiger partial charge is 0.349 e. The average molecular weight is 243 g/mol. The maximum absolute atomic E-state index is 11.3. The number of hydrogen-bond donors (Lipinski definition) is 1. The Kier molecular flexibility index (Phi) is 4.35. The molecule has 0 unspecified atom stereocenters. The average Bonchev–Trinajstić information content (AvgIpc) is 1.78. The van der Waals surface area contributed by atoms with Gasteiger partial charge in [0.1, 0.15) is 0 Å². The normalized spacial score (nSPS) is 12.6. The number of halogens is 1. The maximum Gasteiger partial charge on any atom is 0.297 e. The molecule has 0 aromatic carbocycles. The van der Waals surface area contributed by atoms with E-state index in [1.807, 2.05) is 0 Å². The zero-order chi connectivity index (χ0) is 11.6. The van der Waals surface area contributed by atoms with Crippen molar-refractivity contribution in [3.63, 3.8) is 0 Å². The minimum Gasteiger partial charge on any atom is -0.349 e. The predicted octanol–water partition coefficient (Wildman–Crippen LogP) is 0.316. The standard InChI is InChI=1S/C7H15ClN2O3S/c1-7(2,9-14(8,12)13)5-6(11)10(3)4/h9H,5H2,1-4H3. The smallest absolute Gasteiger partial charge is 0.297 e. The Morgan fingerprint density at radius 1 is 1.43 bits per heavy atom. The second kappa shape index (κ2) is 4.46. The molecule has 0 aromatic heterocycles. The molecule has 0 spiro atoms. The van der Waals surface area contributed by atoms with Gasteiger partial charge in [-0.1, -0.05) is 0 Å². The fourth-order valence-electron chi connectivity index (χ4n) is 0.902. The molecule has 0 radical (unpaired) electrons. The van der Waals surface area contributed by atoms with E-state index in [1.54, 1.807) is 27.9 Å². The van der Waals surface area contributed by atoms with Crippen LogP contribution in [0.15, 0.2) is 0 Å². The number of carbonyl (C=O) groups is 1. The van der Waals surface area contributed by atoms with Gasteiger partial charge in [0.05, 0.1) is 0 Å². The minimum atomic E-state index is -3.80. The first-order valence-electron chi connectivity index (χ1n) is 3.97. The van der Waals surface area contributed by atoms with Crippen LogP contribution in [-0.2, 0) is 14.0 Å². The van der Waals surface area contributed by atoms with Crippen LogP contribution in [0.5, 0.6) is 0 Å². The Bertz CT molecular complexity index is 311. The third-order valence-corrected chi connectivity index (χ3v) is 2.52. The van der Waals surface area contributed by atoms with E-state index in [9.17, 15) is 13.2 Å². The third kappa shape index (κ3) is 6.17. The molecule has 0 fully saturated rings. The highest BCUT2D eigenvalue weighted by molar-refractivity contribution is 8.12. The summed E-state index contributed by atoms with van der Waals surface area (Å²) < 4.78 is 23.6. The zero-order valence-electron chi connectivity index (χ0n) is 8.67. The molecule has 0 aliphatic carbocycles. The molecule has 7 heteroatoms. The summed E-state index contributed by atoms with van der Waals surface area (Å²) >= 11 is 0. The lowest BCUT2D eigenvalue weighted by atomic mass is 10.0. The van der Waals surface area contributed by atoms with Crippen molar-refractivity contribution in [2.75, 3.05) is 14.1 Å². The first-order valence-corrected chi connectivity index (χ1v) is 6.28. The van der Waals surface area contributed by atoms with E-state index in [1.165, 1.54) is 4.90 Å². The number of rotatable bonds is 4. The van der Waals surface area contributed by atoms with Gasteiger partial charge in [-0.25, -0.2) is 0 Å². The maximum atomic E-state index is 11.3. The molecule has 0 aromatic rings. The van der Waals surface area contributed by atoms with Gasteiger partial charge in [0.2, 0.25) is 5.91 Å². The van der Waals surface area contributed by atoms with E-state index in [0.29, 0.717) is 0 Å². The van der Waals surface area contributed by atoms with E-state index in [-0.39, 0.29) is 12.3 Å². The summed E-state index contributed by atoms with van der Waals surface area (Å²) in [6.07, 6.45) is 0.0615. The van der Waals surface area contributed by atoms with Crippen LogP contribution in [0.4, 0.5) is 0 Å². The highest BCUT2D eigenvalue weighted by atomic mass is 35.7. The summed E-state index contributed by atoms with van der Waals surface area (Å²) in [4.78, 5) is 12.7. The van der Waals surface area contributed by atoms with Gasteiger partial charge in [0.25, 0.3) is 9.24 Å². The molecule has 0 saturated heterocycles. The summed E-state index contributed by atoms with van der Waals surface area (Å²) in [6, 6.07) is 0. The molecule has 5 nitrogen and oxygen atoms in total. The number of amides is 1. The summed E-state index contributed by atoms with van der Waals surface area (Å²) in [7, 11) is 4.42. The van der Waals surface area contributed by atoms with Crippen molar-refractivity contribution >= 4 is 25.8 Å².